The number of rotatable bonds is 4. The van der Waals surface area contributed by atoms with Crippen LogP contribution in [0, 0.1) is 0 Å². The van der Waals surface area contributed by atoms with Gasteiger partial charge in [-0.1, -0.05) is 12.8 Å². The summed E-state index contributed by atoms with van der Waals surface area (Å²) in [7, 11) is 0. The van der Waals surface area contributed by atoms with Crippen LogP contribution in [0.4, 0.5) is 11.4 Å². The van der Waals surface area contributed by atoms with E-state index >= 15 is 0 Å². The van der Waals surface area contributed by atoms with Crippen molar-refractivity contribution in [3.63, 3.8) is 0 Å². The van der Waals surface area contributed by atoms with E-state index in [1.807, 2.05) is 10.9 Å². The Labute approximate surface area is 134 Å². The molecule has 2 N–H and O–H groups in total. The Morgan fingerprint density at radius 3 is 2.26 bits per heavy atom. The molecule has 1 saturated carbocycles. The molecule has 1 aliphatic carbocycles. The van der Waals surface area contributed by atoms with E-state index in [0.29, 0.717) is 23.1 Å². The predicted octanol–water partition coefficient (Wildman–Crippen LogP) is 3.21. The minimum Gasteiger partial charge on any atom is -0.326 e. The lowest BCUT2D eigenvalue weighted by atomic mass is 10.2. The lowest BCUT2D eigenvalue weighted by molar-refractivity contribution is -0.114. The molecule has 0 spiro atoms. The number of nitrogens with one attached hydrogen (secondary N) is 2. The van der Waals surface area contributed by atoms with Crippen molar-refractivity contribution < 1.29 is 9.59 Å². The average Bonchev–Trinajstić information content (AvgIpc) is 3.19. The van der Waals surface area contributed by atoms with Gasteiger partial charge in [0.2, 0.25) is 5.91 Å². The molecule has 1 heterocycles. The van der Waals surface area contributed by atoms with Gasteiger partial charge in [0, 0.05) is 24.5 Å². The second kappa shape index (κ2) is 6.64. The van der Waals surface area contributed by atoms with E-state index in [2.05, 4.69) is 15.7 Å². The Balaban J connectivity index is 1.63. The Bertz CT molecular complexity index is 700. The van der Waals surface area contributed by atoms with Crippen molar-refractivity contribution in [1.82, 2.24) is 9.78 Å². The van der Waals surface area contributed by atoms with Crippen LogP contribution in [0.2, 0.25) is 0 Å². The highest BCUT2D eigenvalue weighted by Crippen LogP contribution is 2.28. The first kappa shape index (κ1) is 15.3. The molecule has 0 bridgehead atoms. The van der Waals surface area contributed by atoms with Crippen LogP contribution in [-0.2, 0) is 4.79 Å². The summed E-state index contributed by atoms with van der Waals surface area (Å²) >= 11 is 0. The van der Waals surface area contributed by atoms with Crippen LogP contribution in [0.15, 0.2) is 36.5 Å². The van der Waals surface area contributed by atoms with Gasteiger partial charge in [-0.15, -0.1) is 0 Å². The fourth-order valence-corrected chi connectivity index (χ4v) is 2.87. The normalized spacial score (nSPS) is 14.7. The third-order valence-corrected chi connectivity index (χ3v) is 4.00. The molecule has 6 heteroatoms. The smallest absolute Gasteiger partial charge is 0.276 e. The summed E-state index contributed by atoms with van der Waals surface area (Å²) in [5.41, 5.74) is 1.78. The van der Waals surface area contributed by atoms with E-state index in [4.69, 9.17) is 0 Å². The first-order valence-corrected chi connectivity index (χ1v) is 7.86. The maximum Gasteiger partial charge on any atom is 0.276 e. The molecule has 2 aromatic rings. The molecule has 0 saturated heterocycles. The number of anilines is 2. The van der Waals surface area contributed by atoms with Crippen molar-refractivity contribution >= 4 is 23.2 Å². The molecule has 3 rings (SSSR count). The van der Waals surface area contributed by atoms with Crippen molar-refractivity contribution in [2.45, 2.75) is 38.6 Å². The summed E-state index contributed by atoms with van der Waals surface area (Å²) in [6, 6.07) is 9.16. The van der Waals surface area contributed by atoms with Crippen molar-refractivity contribution in [3.05, 3.63) is 42.2 Å². The first-order valence-electron chi connectivity index (χ1n) is 7.86. The first-order chi connectivity index (χ1) is 11.1. The molecule has 1 aliphatic rings. The van der Waals surface area contributed by atoms with Gasteiger partial charge in [0.15, 0.2) is 5.69 Å². The lowest BCUT2D eigenvalue weighted by Gasteiger charge is -2.09. The van der Waals surface area contributed by atoms with E-state index < -0.39 is 0 Å². The highest BCUT2D eigenvalue weighted by Gasteiger charge is 2.19. The van der Waals surface area contributed by atoms with Gasteiger partial charge in [-0.25, -0.2) is 0 Å². The molecular formula is C17H20N4O2. The van der Waals surface area contributed by atoms with Gasteiger partial charge >= 0.3 is 0 Å². The zero-order valence-corrected chi connectivity index (χ0v) is 13.1. The molecule has 0 radical (unpaired) electrons. The molecule has 0 atom stereocenters. The van der Waals surface area contributed by atoms with E-state index in [-0.39, 0.29) is 11.8 Å². The van der Waals surface area contributed by atoms with Gasteiger partial charge in [-0.05, 0) is 43.2 Å². The summed E-state index contributed by atoms with van der Waals surface area (Å²) in [4.78, 5) is 23.2. The fourth-order valence-electron chi connectivity index (χ4n) is 2.87. The zero-order valence-electron chi connectivity index (χ0n) is 13.1. The molecule has 1 aromatic carbocycles. The van der Waals surface area contributed by atoms with Crippen LogP contribution in [0.3, 0.4) is 0 Å². The summed E-state index contributed by atoms with van der Waals surface area (Å²) in [5.74, 6) is -0.353. The highest BCUT2D eigenvalue weighted by molar-refractivity contribution is 6.03. The van der Waals surface area contributed by atoms with Gasteiger partial charge < -0.3 is 10.6 Å². The molecule has 23 heavy (non-hydrogen) atoms. The Morgan fingerprint density at radius 1 is 1.04 bits per heavy atom. The van der Waals surface area contributed by atoms with E-state index in [0.717, 1.165) is 12.8 Å². The maximum atomic E-state index is 12.2. The van der Waals surface area contributed by atoms with Crippen molar-refractivity contribution in [2.75, 3.05) is 10.6 Å². The minimum atomic E-state index is -0.228. The largest absolute Gasteiger partial charge is 0.326 e. The van der Waals surface area contributed by atoms with Gasteiger partial charge in [0.25, 0.3) is 5.91 Å². The number of nitrogens with zero attached hydrogens (tertiary/aromatic N) is 2. The topological polar surface area (TPSA) is 76.0 Å². The second-order valence-electron chi connectivity index (χ2n) is 5.83. The maximum absolute atomic E-state index is 12.2. The van der Waals surface area contributed by atoms with E-state index in [1.54, 1.807) is 30.3 Å². The number of carbonyl (C=O) groups excluding carboxylic acids is 2. The Kier molecular flexibility index (Phi) is 4.41. The van der Waals surface area contributed by atoms with Crippen LogP contribution >= 0.6 is 0 Å². The van der Waals surface area contributed by atoms with Gasteiger partial charge in [-0.3, -0.25) is 14.3 Å². The van der Waals surface area contributed by atoms with Crippen LogP contribution < -0.4 is 10.6 Å². The number of carbonyl (C=O) groups is 2. The molecule has 1 fully saturated rings. The van der Waals surface area contributed by atoms with Gasteiger partial charge in [-0.2, -0.15) is 5.10 Å². The quantitative estimate of drug-likeness (QED) is 0.910. The fraction of sp³-hybridized carbons (Fsp3) is 0.353. The highest BCUT2D eigenvalue weighted by atomic mass is 16.2. The third kappa shape index (κ3) is 3.77. The summed E-state index contributed by atoms with van der Waals surface area (Å²) in [6.45, 7) is 1.45. The third-order valence-electron chi connectivity index (χ3n) is 4.00. The molecule has 6 nitrogen and oxygen atoms in total. The molecule has 1 aromatic heterocycles. The molecular weight excluding hydrogens is 292 g/mol. The number of aromatic nitrogens is 2. The van der Waals surface area contributed by atoms with Crippen molar-refractivity contribution in [1.29, 1.82) is 0 Å². The lowest BCUT2D eigenvalue weighted by Crippen LogP contribution is -2.14. The molecule has 2 amide bonds. The van der Waals surface area contributed by atoms with Crippen molar-refractivity contribution in [2.24, 2.45) is 0 Å². The molecule has 120 valence electrons. The van der Waals surface area contributed by atoms with Crippen molar-refractivity contribution in [3.8, 4) is 0 Å². The van der Waals surface area contributed by atoms with Crippen LogP contribution in [0.5, 0.6) is 0 Å². The predicted molar refractivity (Wildman–Crippen MR) is 88.4 cm³/mol. The Hall–Kier alpha value is -2.63. The van der Waals surface area contributed by atoms with Gasteiger partial charge in [0.05, 0.1) is 6.04 Å². The number of hydrogen-bond acceptors (Lipinski definition) is 3. The van der Waals surface area contributed by atoms with Crippen LogP contribution in [0.25, 0.3) is 0 Å². The minimum absolute atomic E-state index is 0.126. The summed E-state index contributed by atoms with van der Waals surface area (Å²) in [6.07, 6.45) is 6.60. The van der Waals surface area contributed by atoms with Gasteiger partial charge in [0.1, 0.15) is 0 Å². The average molecular weight is 312 g/mol. The monoisotopic (exact) mass is 312 g/mol. The molecule has 0 unspecified atom stereocenters. The van der Waals surface area contributed by atoms with Crippen LogP contribution in [-0.4, -0.2) is 21.6 Å². The summed E-state index contributed by atoms with van der Waals surface area (Å²) in [5, 5.41) is 9.89. The zero-order chi connectivity index (χ0) is 16.2. The number of benzene rings is 1. The molecule has 0 aliphatic heterocycles. The second-order valence-corrected chi connectivity index (χ2v) is 5.83. The van der Waals surface area contributed by atoms with E-state index in [9.17, 15) is 9.59 Å². The van der Waals surface area contributed by atoms with E-state index in [1.165, 1.54) is 19.8 Å². The summed E-state index contributed by atoms with van der Waals surface area (Å²) < 4.78 is 1.90. The van der Waals surface area contributed by atoms with Crippen LogP contribution in [0.1, 0.15) is 49.1 Å². The number of hydrogen-bond donors (Lipinski definition) is 2. The Morgan fingerprint density at radius 2 is 1.65 bits per heavy atom. The standard InChI is InChI=1S/C17H20N4O2/c1-12(22)18-13-6-8-14(9-7-13)19-17(23)16-10-11-21(20-16)15-4-2-3-5-15/h6-11,15H,2-5H2,1H3,(H,18,22)(H,19,23). The SMILES string of the molecule is CC(=O)Nc1ccc(NC(=O)c2ccn(C3CCCC3)n2)cc1. The number of amides is 2.